The van der Waals surface area contributed by atoms with Gasteiger partial charge in [0.15, 0.2) is 6.29 Å². The molecule has 2 aliphatic rings. The first-order valence-electron chi connectivity index (χ1n) is 7.09. The molecular formula is C14H19N3O4. The quantitative estimate of drug-likeness (QED) is 0.886. The molecule has 1 N–H and O–H groups in total. The Morgan fingerprint density at radius 1 is 1.33 bits per heavy atom. The third kappa shape index (κ3) is 2.93. The molecule has 0 saturated carbocycles. The topological polar surface area (TPSA) is 75.1 Å². The minimum atomic E-state index is -0.861. The molecular weight excluding hydrogens is 274 g/mol. The van der Waals surface area contributed by atoms with Crippen molar-refractivity contribution in [1.82, 2.24) is 9.88 Å². The molecule has 3 rings (SSSR count). The number of pyridine rings is 1. The van der Waals surface area contributed by atoms with E-state index >= 15 is 0 Å². The standard InChI is InChI=1S/C14H19N3O4/c1-10-9-16(14(18)19)4-5-17(10)12-3-2-11(8-15-12)13-20-6-7-21-13/h2-3,8,10,13H,4-7,9H2,1H3,(H,18,19)/t10-/m1/s1. The Balaban J connectivity index is 1.68. The van der Waals surface area contributed by atoms with Crippen molar-refractivity contribution < 1.29 is 19.4 Å². The van der Waals surface area contributed by atoms with Gasteiger partial charge in [-0.1, -0.05) is 0 Å². The number of hydrogen-bond donors (Lipinski definition) is 1. The summed E-state index contributed by atoms with van der Waals surface area (Å²) in [5.74, 6) is 0.856. The van der Waals surface area contributed by atoms with Gasteiger partial charge in [0.1, 0.15) is 5.82 Å². The number of aromatic nitrogens is 1. The van der Waals surface area contributed by atoms with Gasteiger partial charge in [-0.2, -0.15) is 0 Å². The van der Waals surface area contributed by atoms with Crippen molar-refractivity contribution in [3.05, 3.63) is 23.9 Å². The summed E-state index contributed by atoms with van der Waals surface area (Å²) in [4.78, 5) is 19.0. The summed E-state index contributed by atoms with van der Waals surface area (Å²) in [6.45, 7) is 4.87. The van der Waals surface area contributed by atoms with Crippen LogP contribution in [-0.2, 0) is 9.47 Å². The first-order valence-corrected chi connectivity index (χ1v) is 7.09. The third-order valence-electron chi connectivity index (χ3n) is 3.86. The van der Waals surface area contributed by atoms with Crippen LogP contribution >= 0.6 is 0 Å². The van der Waals surface area contributed by atoms with Gasteiger partial charge in [0.2, 0.25) is 0 Å². The van der Waals surface area contributed by atoms with Crippen molar-refractivity contribution in [2.75, 3.05) is 37.7 Å². The zero-order valence-electron chi connectivity index (χ0n) is 11.9. The van der Waals surface area contributed by atoms with E-state index in [9.17, 15) is 4.79 Å². The number of rotatable bonds is 2. The van der Waals surface area contributed by atoms with Crippen LogP contribution in [0, 0.1) is 0 Å². The Hall–Kier alpha value is -1.86. The molecule has 3 heterocycles. The van der Waals surface area contributed by atoms with Gasteiger partial charge in [-0.05, 0) is 19.1 Å². The number of ether oxygens (including phenoxy) is 2. The van der Waals surface area contributed by atoms with Crippen molar-refractivity contribution in [2.24, 2.45) is 0 Å². The fourth-order valence-electron chi connectivity index (χ4n) is 2.73. The van der Waals surface area contributed by atoms with Gasteiger partial charge in [-0.3, -0.25) is 0 Å². The van der Waals surface area contributed by atoms with Crippen LogP contribution in [0.1, 0.15) is 18.8 Å². The second-order valence-corrected chi connectivity index (χ2v) is 5.29. The van der Waals surface area contributed by atoms with Crippen LogP contribution in [0.15, 0.2) is 18.3 Å². The van der Waals surface area contributed by atoms with E-state index in [0.717, 1.165) is 11.4 Å². The molecule has 2 saturated heterocycles. The van der Waals surface area contributed by atoms with Crippen LogP contribution in [0.3, 0.4) is 0 Å². The summed E-state index contributed by atoms with van der Waals surface area (Å²) in [6.07, 6.45) is 0.592. The van der Waals surface area contributed by atoms with Crippen LogP contribution in [0.25, 0.3) is 0 Å². The van der Waals surface area contributed by atoms with Gasteiger partial charge >= 0.3 is 6.09 Å². The lowest BCUT2D eigenvalue weighted by atomic mass is 10.2. The summed E-state index contributed by atoms with van der Waals surface area (Å²) < 4.78 is 10.9. The van der Waals surface area contributed by atoms with Crippen molar-refractivity contribution in [3.63, 3.8) is 0 Å². The molecule has 2 aliphatic heterocycles. The molecule has 0 spiro atoms. The first kappa shape index (κ1) is 14.1. The third-order valence-corrected chi connectivity index (χ3v) is 3.86. The predicted molar refractivity (Wildman–Crippen MR) is 75.3 cm³/mol. The lowest BCUT2D eigenvalue weighted by Gasteiger charge is -2.39. The SMILES string of the molecule is C[C@@H]1CN(C(=O)O)CCN1c1ccc(C2OCCO2)cn1. The highest BCUT2D eigenvalue weighted by atomic mass is 16.7. The Morgan fingerprint density at radius 2 is 2.10 bits per heavy atom. The van der Waals surface area contributed by atoms with Crippen LogP contribution in [0.5, 0.6) is 0 Å². The molecule has 1 amide bonds. The van der Waals surface area contributed by atoms with Crippen LogP contribution < -0.4 is 4.90 Å². The van der Waals surface area contributed by atoms with E-state index in [1.54, 1.807) is 6.20 Å². The molecule has 7 nitrogen and oxygen atoms in total. The fourth-order valence-corrected chi connectivity index (χ4v) is 2.73. The molecule has 0 unspecified atom stereocenters. The average Bonchev–Trinajstić information content (AvgIpc) is 3.01. The molecule has 0 bridgehead atoms. The summed E-state index contributed by atoms with van der Waals surface area (Å²) in [5.41, 5.74) is 0.910. The Labute approximate surface area is 123 Å². The molecule has 7 heteroatoms. The lowest BCUT2D eigenvalue weighted by Crippen LogP contribution is -2.53. The maximum absolute atomic E-state index is 11.0. The molecule has 21 heavy (non-hydrogen) atoms. The fraction of sp³-hybridized carbons (Fsp3) is 0.571. The molecule has 1 atom stereocenters. The number of nitrogens with zero attached hydrogens (tertiary/aromatic N) is 3. The summed E-state index contributed by atoms with van der Waals surface area (Å²) in [6, 6.07) is 3.99. The summed E-state index contributed by atoms with van der Waals surface area (Å²) in [7, 11) is 0. The van der Waals surface area contributed by atoms with Crippen molar-refractivity contribution in [1.29, 1.82) is 0 Å². The molecule has 0 aromatic carbocycles. The molecule has 2 fully saturated rings. The first-order chi connectivity index (χ1) is 10.1. The highest BCUT2D eigenvalue weighted by Crippen LogP contribution is 2.25. The average molecular weight is 293 g/mol. The van der Waals surface area contributed by atoms with Gasteiger partial charge in [-0.15, -0.1) is 0 Å². The highest BCUT2D eigenvalue weighted by molar-refractivity contribution is 5.65. The van der Waals surface area contributed by atoms with E-state index in [1.807, 2.05) is 19.1 Å². The normalized spacial score (nSPS) is 23.6. The van der Waals surface area contributed by atoms with E-state index in [0.29, 0.717) is 32.8 Å². The number of piperazine rings is 1. The molecule has 1 aromatic rings. The molecule has 1 aromatic heterocycles. The predicted octanol–water partition coefficient (Wildman–Crippen LogP) is 1.32. The number of amides is 1. The Morgan fingerprint density at radius 3 is 2.67 bits per heavy atom. The summed E-state index contributed by atoms with van der Waals surface area (Å²) >= 11 is 0. The molecule has 114 valence electrons. The number of carbonyl (C=O) groups is 1. The molecule has 0 aliphatic carbocycles. The number of carboxylic acid groups (broad SMARTS) is 1. The van der Waals surface area contributed by atoms with Crippen LogP contribution in [0.2, 0.25) is 0 Å². The van der Waals surface area contributed by atoms with Gasteiger partial charge in [0.25, 0.3) is 0 Å². The second kappa shape index (κ2) is 5.87. The van der Waals surface area contributed by atoms with Crippen molar-refractivity contribution in [2.45, 2.75) is 19.3 Å². The lowest BCUT2D eigenvalue weighted by molar-refractivity contribution is -0.0443. The zero-order chi connectivity index (χ0) is 14.8. The van der Waals surface area contributed by atoms with E-state index < -0.39 is 6.09 Å². The smallest absolute Gasteiger partial charge is 0.407 e. The largest absolute Gasteiger partial charge is 0.465 e. The van der Waals surface area contributed by atoms with Gasteiger partial charge in [0, 0.05) is 37.4 Å². The maximum Gasteiger partial charge on any atom is 0.407 e. The highest BCUT2D eigenvalue weighted by Gasteiger charge is 2.27. The minimum absolute atomic E-state index is 0.104. The zero-order valence-corrected chi connectivity index (χ0v) is 11.9. The van der Waals surface area contributed by atoms with Gasteiger partial charge in [-0.25, -0.2) is 9.78 Å². The minimum Gasteiger partial charge on any atom is -0.465 e. The maximum atomic E-state index is 11.0. The summed E-state index contributed by atoms with van der Waals surface area (Å²) in [5, 5.41) is 9.03. The van der Waals surface area contributed by atoms with Crippen molar-refractivity contribution >= 4 is 11.9 Å². The van der Waals surface area contributed by atoms with Crippen molar-refractivity contribution in [3.8, 4) is 0 Å². The number of hydrogen-bond acceptors (Lipinski definition) is 5. The number of anilines is 1. The van der Waals surface area contributed by atoms with E-state index in [-0.39, 0.29) is 12.3 Å². The molecule has 0 radical (unpaired) electrons. The van der Waals surface area contributed by atoms with E-state index in [1.165, 1.54) is 4.90 Å². The van der Waals surface area contributed by atoms with Crippen LogP contribution in [0.4, 0.5) is 10.6 Å². The van der Waals surface area contributed by atoms with E-state index in [4.69, 9.17) is 14.6 Å². The van der Waals surface area contributed by atoms with Gasteiger partial charge < -0.3 is 24.4 Å². The Bertz CT molecular complexity index is 501. The second-order valence-electron chi connectivity index (χ2n) is 5.29. The Kier molecular flexibility index (Phi) is 3.94. The monoisotopic (exact) mass is 293 g/mol. The van der Waals surface area contributed by atoms with Gasteiger partial charge in [0.05, 0.1) is 13.2 Å². The van der Waals surface area contributed by atoms with E-state index in [2.05, 4.69) is 9.88 Å². The van der Waals surface area contributed by atoms with Crippen LogP contribution in [-0.4, -0.2) is 60.0 Å².